The topological polar surface area (TPSA) is 50.9 Å². The summed E-state index contributed by atoms with van der Waals surface area (Å²) >= 11 is 0. The molecule has 2 heterocycles. The van der Waals surface area contributed by atoms with Crippen molar-refractivity contribution in [2.75, 3.05) is 0 Å². The summed E-state index contributed by atoms with van der Waals surface area (Å²) in [5, 5.41) is 11.1. The van der Waals surface area contributed by atoms with E-state index < -0.39 is 0 Å². The molecule has 0 saturated carbocycles. The minimum absolute atomic E-state index is 0.267. The minimum atomic E-state index is 0.267. The molecule has 9 aromatic rings. The highest BCUT2D eigenvalue weighted by molar-refractivity contribution is 5.99. The lowest BCUT2D eigenvalue weighted by Gasteiger charge is -2.21. The molecule has 280 valence electrons. The first kappa shape index (κ1) is 35.4. The molecule has 0 unspecified atom stereocenters. The van der Waals surface area contributed by atoms with Crippen LogP contribution in [-0.4, -0.2) is 19.6 Å². The number of para-hydroxylation sites is 2. The fourth-order valence-corrected chi connectivity index (χ4v) is 9.19. The van der Waals surface area contributed by atoms with Crippen LogP contribution in [0.2, 0.25) is 0 Å². The number of rotatable bonds is 6. The first-order valence-electron chi connectivity index (χ1n) is 20.1. The predicted molar refractivity (Wildman–Crippen MR) is 240 cm³/mol. The summed E-state index contributed by atoms with van der Waals surface area (Å²) in [5.74, 6) is 1.04. The Morgan fingerprint density at radius 2 is 1.12 bits per heavy atom. The normalized spacial score (nSPS) is 12.1. The van der Waals surface area contributed by atoms with Gasteiger partial charge in [-0.15, -0.1) is 0 Å². The van der Waals surface area contributed by atoms with Gasteiger partial charge >= 0.3 is 0 Å². The van der Waals surface area contributed by atoms with Crippen LogP contribution in [0.4, 0.5) is 0 Å². The van der Waals surface area contributed by atoms with Crippen molar-refractivity contribution in [1.29, 1.82) is 0 Å². The van der Waals surface area contributed by atoms with Crippen molar-refractivity contribution >= 4 is 11.0 Å². The first-order chi connectivity index (χ1) is 28.3. The van der Waals surface area contributed by atoms with Crippen LogP contribution in [0.1, 0.15) is 33.4 Å². The molecule has 0 spiro atoms. The summed E-state index contributed by atoms with van der Waals surface area (Å²) in [6.45, 7) is 8.67. The molecule has 0 saturated heterocycles. The van der Waals surface area contributed by atoms with Gasteiger partial charge in [0.2, 0.25) is 0 Å². The SMILES string of the molecule is Cc1cc(C)cc(-c2cccc(-c3ccccc3)c2-c2cccc(-c3cccc4c3nc(-c3ccc5c(n3)-c3c(O)cccc3CC5)n4-c3c(C)cccc3C)c2)c1. The highest BCUT2D eigenvalue weighted by Gasteiger charge is 2.25. The van der Waals surface area contributed by atoms with Crippen LogP contribution in [0.15, 0.2) is 158 Å². The minimum Gasteiger partial charge on any atom is -0.507 e. The van der Waals surface area contributed by atoms with Crippen molar-refractivity contribution in [3.05, 3.63) is 191 Å². The van der Waals surface area contributed by atoms with Gasteiger partial charge in [-0.25, -0.2) is 9.97 Å². The van der Waals surface area contributed by atoms with Gasteiger partial charge in [0.15, 0.2) is 5.82 Å². The predicted octanol–water partition coefficient (Wildman–Crippen LogP) is 13.5. The third-order valence-corrected chi connectivity index (χ3v) is 11.7. The second-order valence-corrected chi connectivity index (χ2v) is 15.8. The number of hydrogen-bond donors (Lipinski definition) is 1. The molecule has 4 heteroatoms. The maximum Gasteiger partial charge on any atom is 0.164 e. The quantitative estimate of drug-likeness (QED) is 0.184. The van der Waals surface area contributed by atoms with Gasteiger partial charge in [0.05, 0.1) is 22.4 Å². The second kappa shape index (κ2) is 14.2. The van der Waals surface area contributed by atoms with Crippen molar-refractivity contribution in [1.82, 2.24) is 14.5 Å². The zero-order valence-corrected chi connectivity index (χ0v) is 33.2. The molecule has 10 rings (SSSR count). The van der Waals surface area contributed by atoms with Gasteiger partial charge in [-0.2, -0.15) is 0 Å². The molecular formula is C54H43N3O. The van der Waals surface area contributed by atoms with E-state index in [4.69, 9.17) is 9.97 Å². The standard InChI is InChI=1S/C54H43N3O/c1-33-29-34(2)31-42(30-33)44-21-11-20-43(37-15-6-5-7-16-37)49(44)41-19-9-18-40(32-41)45-22-12-23-47-52(45)56-54(57(47)53-35(3)13-8-14-36(53)4)46-28-27-39-26-25-38-17-10-24-48(58)50(38)51(39)55-46/h5-24,27-32,58H,25-26H2,1-4H3. The second-order valence-electron chi connectivity index (χ2n) is 15.8. The third-order valence-electron chi connectivity index (χ3n) is 11.7. The van der Waals surface area contributed by atoms with E-state index in [0.717, 1.165) is 91.3 Å². The van der Waals surface area contributed by atoms with E-state index in [9.17, 15) is 5.11 Å². The number of aryl methyl sites for hydroxylation is 6. The van der Waals surface area contributed by atoms with E-state index in [0.29, 0.717) is 0 Å². The van der Waals surface area contributed by atoms with Crippen molar-refractivity contribution in [3.63, 3.8) is 0 Å². The maximum absolute atomic E-state index is 11.1. The lowest BCUT2D eigenvalue weighted by Crippen LogP contribution is -2.08. The number of fused-ring (bicyclic) bond motifs is 4. The highest BCUT2D eigenvalue weighted by Crippen LogP contribution is 2.44. The number of nitrogens with zero attached hydrogens (tertiary/aromatic N) is 3. The van der Waals surface area contributed by atoms with Gasteiger partial charge < -0.3 is 5.11 Å². The Morgan fingerprint density at radius 3 is 1.91 bits per heavy atom. The van der Waals surface area contributed by atoms with Gasteiger partial charge in [0, 0.05) is 11.1 Å². The lowest BCUT2D eigenvalue weighted by atomic mass is 9.86. The van der Waals surface area contributed by atoms with Gasteiger partial charge in [-0.05, 0) is 126 Å². The summed E-state index contributed by atoms with van der Waals surface area (Å²) in [5.41, 5.74) is 21.8. The Kier molecular flexibility index (Phi) is 8.64. The molecular weight excluding hydrogens is 707 g/mol. The zero-order valence-electron chi connectivity index (χ0n) is 33.2. The Bertz CT molecular complexity index is 3020. The summed E-state index contributed by atoms with van der Waals surface area (Å²) in [6.07, 6.45) is 1.76. The molecule has 0 bridgehead atoms. The zero-order chi connectivity index (χ0) is 39.5. The van der Waals surface area contributed by atoms with E-state index in [1.807, 2.05) is 6.07 Å². The van der Waals surface area contributed by atoms with Gasteiger partial charge in [0.25, 0.3) is 0 Å². The molecule has 2 aromatic heterocycles. The molecule has 1 aliphatic rings. The Morgan fingerprint density at radius 1 is 0.483 bits per heavy atom. The van der Waals surface area contributed by atoms with Crippen molar-refractivity contribution in [2.45, 2.75) is 40.5 Å². The molecule has 1 N–H and O–H groups in total. The van der Waals surface area contributed by atoms with Crippen LogP contribution >= 0.6 is 0 Å². The van der Waals surface area contributed by atoms with Crippen LogP contribution in [0.3, 0.4) is 0 Å². The van der Waals surface area contributed by atoms with Crippen LogP contribution in [0, 0.1) is 27.7 Å². The molecule has 58 heavy (non-hydrogen) atoms. The van der Waals surface area contributed by atoms with E-state index in [1.54, 1.807) is 6.07 Å². The van der Waals surface area contributed by atoms with Gasteiger partial charge in [0.1, 0.15) is 11.4 Å². The Hall–Kier alpha value is -7.04. The molecule has 0 radical (unpaired) electrons. The summed E-state index contributed by atoms with van der Waals surface area (Å²) in [7, 11) is 0. The average molecular weight is 750 g/mol. The van der Waals surface area contributed by atoms with E-state index in [1.165, 1.54) is 38.9 Å². The molecule has 7 aromatic carbocycles. The molecule has 1 aliphatic carbocycles. The largest absolute Gasteiger partial charge is 0.507 e. The Balaban J connectivity index is 1.20. The van der Waals surface area contributed by atoms with E-state index in [-0.39, 0.29) is 5.75 Å². The van der Waals surface area contributed by atoms with Crippen LogP contribution in [0.5, 0.6) is 5.75 Å². The lowest BCUT2D eigenvalue weighted by molar-refractivity contribution is 0.476. The first-order valence-corrected chi connectivity index (χ1v) is 20.1. The van der Waals surface area contributed by atoms with Crippen LogP contribution in [-0.2, 0) is 12.8 Å². The number of hydrogen-bond acceptors (Lipinski definition) is 3. The summed E-state index contributed by atoms with van der Waals surface area (Å²) in [4.78, 5) is 10.9. The number of pyridine rings is 1. The van der Waals surface area contributed by atoms with E-state index in [2.05, 4.69) is 178 Å². The number of aromatic hydroxyl groups is 1. The fraction of sp³-hybridized carbons (Fsp3) is 0.111. The number of phenols is 1. The molecule has 4 nitrogen and oxygen atoms in total. The van der Waals surface area contributed by atoms with Crippen molar-refractivity contribution in [3.8, 4) is 78.7 Å². The molecule has 0 fully saturated rings. The summed E-state index contributed by atoms with van der Waals surface area (Å²) < 4.78 is 2.29. The molecule has 0 atom stereocenters. The number of aromatic nitrogens is 3. The van der Waals surface area contributed by atoms with Crippen molar-refractivity contribution < 1.29 is 5.11 Å². The average Bonchev–Trinajstić information content (AvgIpc) is 3.62. The van der Waals surface area contributed by atoms with Gasteiger partial charge in [-0.1, -0.05) is 145 Å². The number of benzene rings is 7. The summed E-state index contributed by atoms with van der Waals surface area (Å²) in [6, 6.07) is 56.2. The maximum atomic E-state index is 11.1. The number of imidazole rings is 1. The molecule has 0 amide bonds. The molecule has 0 aliphatic heterocycles. The Labute approximate surface area is 339 Å². The number of phenolic OH excluding ortho intramolecular Hbond substituents is 1. The smallest absolute Gasteiger partial charge is 0.164 e. The van der Waals surface area contributed by atoms with Crippen LogP contribution < -0.4 is 0 Å². The fourth-order valence-electron chi connectivity index (χ4n) is 9.19. The monoisotopic (exact) mass is 749 g/mol. The van der Waals surface area contributed by atoms with E-state index >= 15 is 0 Å². The third kappa shape index (κ3) is 6.00. The van der Waals surface area contributed by atoms with Crippen molar-refractivity contribution in [2.24, 2.45) is 0 Å². The van der Waals surface area contributed by atoms with Crippen LogP contribution in [0.25, 0.3) is 84.0 Å². The highest BCUT2D eigenvalue weighted by atomic mass is 16.3. The van der Waals surface area contributed by atoms with Gasteiger partial charge in [-0.3, -0.25) is 4.57 Å².